The number of carbonyl (C=O) groups is 1. The summed E-state index contributed by atoms with van der Waals surface area (Å²) in [5.41, 5.74) is 2.74. The summed E-state index contributed by atoms with van der Waals surface area (Å²) in [5, 5.41) is 0.967. The van der Waals surface area contributed by atoms with Crippen LogP contribution in [0.3, 0.4) is 0 Å². The van der Waals surface area contributed by atoms with E-state index in [2.05, 4.69) is 29.2 Å². The van der Waals surface area contributed by atoms with Gasteiger partial charge in [-0.3, -0.25) is 4.79 Å². The fraction of sp³-hybridized carbons (Fsp3) is 0.333. The molecule has 0 fully saturated rings. The van der Waals surface area contributed by atoms with Gasteiger partial charge in [0.05, 0.1) is 9.88 Å². The van der Waals surface area contributed by atoms with Crippen molar-refractivity contribution in [3.05, 3.63) is 51.5 Å². The van der Waals surface area contributed by atoms with Crippen molar-refractivity contribution >= 4 is 17.1 Å². The Bertz CT molecular complexity index is 588. The van der Waals surface area contributed by atoms with Gasteiger partial charge in [-0.2, -0.15) is 0 Å². The Hall–Kier alpha value is -1.48. The fourth-order valence-electron chi connectivity index (χ4n) is 2.60. The number of ketones is 1. The average molecular weight is 257 g/mol. The molecule has 92 valence electrons. The van der Waals surface area contributed by atoms with Crippen LogP contribution < -0.4 is 0 Å². The van der Waals surface area contributed by atoms with Gasteiger partial charge >= 0.3 is 0 Å². The van der Waals surface area contributed by atoms with Crippen molar-refractivity contribution < 1.29 is 4.79 Å². The smallest absolute Gasteiger partial charge is 0.177 e. The van der Waals surface area contributed by atoms with Crippen LogP contribution in [0.1, 0.15) is 32.2 Å². The van der Waals surface area contributed by atoms with Gasteiger partial charge in [0.15, 0.2) is 5.78 Å². The number of fused-ring (bicyclic) bond motifs is 1. The van der Waals surface area contributed by atoms with Crippen LogP contribution in [0, 0.1) is 12.8 Å². The van der Waals surface area contributed by atoms with Crippen molar-refractivity contribution in [2.24, 2.45) is 5.92 Å². The van der Waals surface area contributed by atoms with E-state index >= 15 is 0 Å². The molecule has 0 aliphatic heterocycles. The summed E-state index contributed by atoms with van der Waals surface area (Å²) in [4.78, 5) is 17.4. The Labute approximate surface area is 111 Å². The lowest BCUT2D eigenvalue weighted by Crippen LogP contribution is -2.22. The standard InChI is InChI=1S/C15H15NOS/c1-10-16-9-14(18-10)15(17)13-7-6-11-4-2-3-5-12(11)8-13/h2-5,9,13H,6-8H2,1H3. The predicted molar refractivity (Wildman–Crippen MR) is 73.1 cm³/mol. The highest BCUT2D eigenvalue weighted by Gasteiger charge is 2.26. The number of hydrogen-bond donors (Lipinski definition) is 0. The van der Waals surface area contributed by atoms with Crippen molar-refractivity contribution in [3.8, 4) is 0 Å². The van der Waals surface area contributed by atoms with Crippen LogP contribution in [0.15, 0.2) is 30.5 Å². The molecular weight excluding hydrogens is 242 g/mol. The zero-order chi connectivity index (χ0) is 12.5. The number of nitrogens with zero attached hydrogens (tertiary/aromatic N) is 1. The van der Waals surface area contributed by atoms with Crippen LogP contribution in [0.5, 0.6) is 0 Å². The zero-order valence-electron chi connectivity index (χ0n) is 10.3. The summed E-state index contributed by atoms with van der Waals surface area (Å²) in [5.74, 6) is 0.412. The molecular formula is C15H15NOS. The third kappa shape index (κ3) is 2.10. The first-order valence-corrected chi connectivity index (χ1v) is 7.09. The lowest BCUT2D eigenvalue weighted by Gasteiger charge is -2.22. The quantitative estimate of drug-likeness (QED) is 0.771. The van der Waals surface area contributed by atoms with E-state index in [1.807, 2.05) is 6.92 Å². The van der Waals surface area contributed by atoms with Crippen LogP contribution >= 0.6 is 11.3 Å². The van der Waals surface area contributed by atoms with Gasteiger partial charge in [0.1, 0.15) is 0 Å². The second-order valence-corrected chi connectivity index (χ2v) is 6.05. The summed E-state index contributed by atoms with van der Waals surface area (Å²) in [6.07, 6.45) is 4.59. The van der Waals surface area contributed by atoms with E-state index in [1.54, 1.807) is 6.20 Å². The second-order valence-electron chi connectivity index (χ2n) is 4.82. The molecule has 0 radical (unpaired) electrons. The molecule has 1 atom stereocenters. The number of hydrogen-bond acceptors (Lipinski definition) is 3. The monoisotopic (exact) mass is 257 g/mol. The molecule has 1 aromatic carbocycles. The summed E-state index contributed by atoms with van der Waals surface area (Å²) in [6.45, 7) is 1.94. The molecule has 0 N–H and O–H groups in total. The average Bonchev–Trinajstić information content (AvgIpc) is 2.84. The summed E-state index contributed by atoms with van der Waals surface area (Å²) < 4.78 is 0. The van der Waals surface area contributed by atoms with Crippen LogP contribution in [0.4, 0.5) is 0 Å². The zero-order valence-corrected chi connectivity index (χ0v) is 11.2. The van der Waals surface area contributed by atoms with E-state index in [-0.39, 0.29) is 11.7 Å². The Balaban J connectivity index is 1.82. The highest BCUT2D eigenvalue weighted by molar-refractivity contribution is 7.13. The number of aromatic nitrogens is 1. The maximum absolute atomic E-state index is 12.4. The fourth-order valence-corrected chi connectivity index (χ4v) is 3.39. The van der Waals surface area contributed by atoms with E-state index in [9.17, 15) is 4.79 Å². The summed E-state index contributed by atoms with van der Waals surface area (Å²) >= 11 is 1.51. The molecule has 0 amide bonds. The summed E-state index contributed by atoms with van der Waals surface area (Å²) in [6, 6.07) is 8.45. The minimum atomic E-state index is 0.139. The normalized spacial score (nSPS) is 18.4. The van der Waals surface area contributed by atoms with Gasteiger partial charge in [0, 0.05) is 12.1 Å². The molecule has 0 saturated carbocycles. The second kappa shape index (κ2) is 4.65. The van der Waals surface area contributed by atoms with Gasteiger partial charge in [-0.1, -0.05) is 24.3 Å². The third-order valence-corrected chi connectivity index (χ3v) is 4.51. The molecule has 1 unspecified atom stereocenters. The number of carbonyl (C=O) groups excluding carboxylic acids is 1. The number of rotatable bonds is 2. The first-order chi connectivity index (χ1) is 8.74. The number of thiazole rings is 1. The van der Waals surface area contributed by atoms with E-state index in [1.165, 1.54) is 22.5 Å². The van der Waals surface area contributed by atoms with E-state index < -0.39 is 0 Å². The highest BCUT2D eigenvalue weighted by atomic mass is 32.1. The van der Waals surface area contributed by atoms with Crippen LogP contribution in [0.25, 0.3) is 0 Å². The predicted octanol–water partition coefficient (Wildman–Crippen LogP) is 3.44. The number of Topliss-reactive ketones (excluding diaryl/α,β-unsaturated/α-hetero) is 1. The van der Waals surface area contributed by atoms with Crippen LogP contribution in [-0.4, -0.2) is 10.8 Å². The molecule has 2 nitrogen and oxygen atoms in total. The third-order valence-electron chi connectivity index (χ3n) is 3.58. The molecule has 0 bridgehead atoms. The van der Waals surface area contributed by atoms with Crippen molar-refractivity contribution in [1.29, 1.82) is 0 Å². The molecule has 1 heterocycles. The Kier molecular flexibility index (Phi) is 3.00. The lowest BCUT2D eigenvalue weighted by atomic mass is 9.81. The molecule has 0 spiro atoms. The number of benzene rings is 1. The molecule has 18 heavy (non-hydrogen) atoms. The summed E-state index contributed by atoms with van der Waals surface area (Å²) in [7, 11) is 0. The minimum Gasteiger partial charge on any atom is -0.293 e. The van der Waals surface area contributed by atoms with Crippen molar-refractivity contribution in [2.45, 2.75) is 26.2 Å². The molecule has 1 aliphatic carbocycles. The Morgan fingerprint density at radius 3 is 2.83 bits per heavy atom. The van der Waals surface area contributed by atoms with Crippen molar-refractivity contribution in [3.63, 3.8) is 0 Å². The molecule has 1 aliphatic rings. The van der Waals surface area contributed by atoms with Gasteiger partial charge in [0.2, 0.25) is 0 Å². The first-order valence-electron chi connectivity index (χ1n) is 6.27. The molecule has 3 heteroatoms. The van der Waals surface area contributed by atoms with Gasteiger partial charge < -0.3 is 0 Å². The van der Waals surface area contributed by atoms with Crippen molar-refractivity contribution in [1.82, 2.24) is 4.98 Å². The Morgan fingerprint density at radius 2 is 2.11 bits per heavy atom. The van der Waals surface area contributed by atoms with E-state index in [0.717, 1.165) is 29.1 Å². The van der Waals surface area contributed by atoms with Crippen LogP contribution in [-0.2, 0) is 12.8 Å². The van der Waals surface area contributed by atoms with E-state index in [4.69, 9.17) is 0 Å². The SMILES string of the molecule is Cc1ncc(C(=O)C2CCc3ccccc3C2)s1. The topological polar surface area (TPSA) is 30.0 Å². The number of aryl methyl sites for hydroxylation is 2. The first kappa shape index (κ1) is 11.6. The molecule has 1 aromatic heterocycles. The van der Waals surface area contributed by atoms with Gasteiger partial charge in [-0.15, -0.1) is 11.3 Å². The van der Waals surface area contributed by atoms with Crippen molar-refractivity contribution in [2.75, 3.05) is 0 Å². The molecule has 0 saturated heterocycles. The molecule has 2 aromatic rings. The highest BCUT2D eigenvalue weighted by Crippen LogP contribution is 2.29. The van der Waals surface area contributed by atoms with Crippen LogP contribution in [0.2, 0.25) is 0 Å². The lowest BCUT2D eigenvalue weighted by molar-refractivity contribution is 0.0913. The van der Waals surface area contributed by atoms with Gasteiger partial charge in [-0.05, 0) is 37.3 Å². The molecule has 3 rings (SSSR count). The Morgan fingerprint density at radius 1 is 1.33 bits per heavy atom. The van der Waals surface area contributed by atoms with Gasteiger partial charge in [0.25, 0.3) is 0 Å². The largest absolute Gasteiger partial charge is 0.293 e. The van der Waals surface area contributed by atoms with E-state index in [0.29, 0.717) is 0 Å². The van der Waals surface area contributed by atoms with Gasteiger partial charge in [-0.25, -0.2) is 4.98 Å². The maximum Gasteiger partial charge on any atom is 0.177 e. The minimum absolute atomic E-state index is 0.139. The maximum atomic E-state index is 12.4.